The lowest BCUT2D eigenvalue weighted by atomic mass is 9.74. The first-order chi connectivity index (χ1) is 24.3. The highest BCUT2D eigenvalue weighted by molar-refractivity contribution is 6.09. The van der Waals surface area contributed by atoms with E-state index >= 15 is 0 Å². The summed E-state index contributed by atoms with van der Waals surface area (Å²) in [5, 5.41) is 4.74. The summed E-state index contributed by atoms with van der Waals surface area (Å²) in [4.78, 5) is 39.9. The summed E-state index contributed by atoms with van der Waals surface area (Å²) >= 11 is 0. The van der Waals surface area contributed by atoms with Crippen molar-refractivity contribution in [3.05, 3.63) is 149 Å². The lowest BCUT2D eigenvalue weighted by Crippen LogP contribution is -2.47. The number of carbonyl (C=O) groups is 3. The Kier molecular flexibility index (Phi) is 9.44. The fraction of sp³-hybridized carbons (Fsp3) is 0.154. The minimum absolute atomic E-state index is 0.112. The molecule has 0 saturated carbocycles. The first-order valence-corrected chi connectivity index (χ1v) is 15.7. The van der Waals surface area contributed by atoms with E-state index in [1.165, 1.54) is 42.5 Å². The lowest BCUT2D eigenvalue weighted by Gasteiger charge is -2.31. The molecule has 260 valence electrons. The Morgan fingerprint density at radius 3 is 1.76 bits per heavy atom. The maximum absolute atomic E-state index is 13.6. The largest absolute Gasteiger partial charge is 0.462 e. The average molecular weight is 703 g/mol. The number of ether oxygens (including phenoxy) is 1. The number of carbonyl (C=O) groups excluding carboxylic acids is 3. The van der Waals surface area contributed by atoms with Crippen LogP contribution >= 0.6 is 0 Å². The molecule has 0 bridgehead atoms. The molecule has 0 aliphatic heterocycles. The van der Waals surface area contributed by atoms with Crippen molar-refractivity contribution in [2.75, 3.05) is 18.5 Å². The van der Waals surface area contributed by atoms with E-state index in [1.807, 2.05) is 5.32 Å². The van der Waals surface area contributed by atoms with Gasteiger partial charge in [-0.15, -0.1) is 0 Å². The number of anilines is 1. The molecule has 0 unspecified atom stereocenters. The number of hydrogen-bond acceptors (Lipinski definition) is 4. The second-order valence-corrected chi connectivity index (χ2v) is 11.8. The average Bonchev–Trinajstić information content (AvgIpc) is 3.40. The van der Waals surface area contributed by atoms with Crippen LogP contribution < -0.4 is 10.6 Å². The molecule has 0 saturated heterocycles. The van der Waals surface area contributed by atoms with Gasteiger partial charge in [0.15, 0.2) is 0 Å². The van der Waals surface area contributed by atoms with E-state index in [2.05, 4.69) is 5.32 Å². The van der Waals surface area contributed by atoms with Gasteiger partial charge in [0.2, 0.25) is 5.91 Å². The van der Waals surface area contributed by atoms with Gasteiger partial charge >= 0.3 is 18.3 Å². The third-order valence-corrected chi connectivity index (χ3v) is 8.68. The number of fused-ring (bicyclic) bond motifs is 3. The van der Waals surface area contributed by atoms with Crippen LogP contribution in [-0.2, 0) is 21.1 Å². The molecule has 6 nitrogen and oxygen atoms in total. The van der Waals surface area contributed by atoms with Gasteiger partial charge < -0.3 is 15.4 Å². The molecule has 2 amide bonds. The van der Waals surface area contributed by atoms with Gasteiger partial charge in [0, 0.05) is 17.7 Å². The molecule has 5 aromatic rings. The Morgan fingerprint density at radius 2 is 1.20 bits per heavy atom. The van der Waals surface area contributed by atoms with Gasteiger partial charge in [-0.05, 0) is 75.8 Å². The van der Waals surface area contributed by atoms with Crippen molar-refractivity contribution in [3.63, 3.8) is 0 Å². The number of benzene rings is 5. The van der Waals surface area contributed by atoms with E-state index in [0.29, 0.717) is 39.1 Å². The highest BCUT2D eigenvalue weighted by atomic mass is 19.4. The molecule has 0 aromatic heterocycles. The SMILES string of the molecule is O=C(OCCC1(C(=O)NCC(F)(F)F)c2ccccc2-c2ccccc21)c1ccc(NC(=O)c2ccccc2-c2ccc(C(F)(F)F)cc2)cc1. The molecule has 1 aliphatic carbocycles. The van der Waals surface area contributed by atoms with Crippen molar-refractivity contribution in [3.8, 4) is 22.3 Å². The molecule has 12 heteroatoms. The van der Waals surface area contributed by atoms with Crippen LogP contribution in [0, 0.1) is 0 Å². The topological polar surface area (TPSA) is 84.5 Å². The number of halogens is 6. The molecule has 6 rings (SSSR count). The molecule has 2 N–H and O–H groups in total. The highest BCUT2D eigenvalue weighted by Gasteiger charge is 2.49. The number of nitrogens with one attached hydrogen (secondary N) is 2. The summed E-state index contributed by atoms with van der Waals surface area (Å²) in [6.45, 7) is -1.83. The number of rotatable bonds is 9. The van der Waals surface area contributed by atoms with Crippen molar-refractivity contribution in [1.29, 1.82) is 0 Å². The maximum Gasteiger partial charge on any atom is 0.416 e. The number of hydrogen-bond donors (Lipinski definition) is 2. The van der Waals surface area contributed by atoms with Crippen molar-refractivity contribution >= 4 is 23.5 Å². The third kappa shape index (κ3) is 7.21. The van der Waals surface area contributed by atoms with Gasteiger partial charge in [-0.2, -0.15) is 26.3 Å². The van der Waals surface area contributed by atoms with Crippen LogP contribution in [-0.4, -0.2) is 37.1 Å². The second kappa shape index (κ2) is 13.8. The smallest absolute Gasteiger partial charge is 0.416 e. The monoisotopic (exact) mass is 702 g/mol. The van der Waals surface area contributed by atoms with E-state index in [-0.39, 0.29) is 24.2 Å². The van der Waals surface area contributed by atoms with Crippen LogP contribution in [0.1, 0.15) is 43.8 Å². The Balaban J connectivity index is 1.15. The molecule has 0 fully saturated rings. The molecular formula is C39H28F6N2O4. The molecule has 0 atom stereocenters. The van der Waals surface area contributed by atoms with Crippen LogP contribution in [0.15, 0.2) is 121 Å². The summed E-state index contributed by atoms with van der Waals surface area (Å²) in [5.41, 5.74) is 1.50. The predicted octanol–water partition coefficient (Wildman–Crippen LogP) is 8.82. The van der Waals surface area contributed by atoms with Gasteiger partial charge in [-0.3, -0.25) is 9.59 Å². The van der Waals surface area contributed by atoms with Gasteiger partial charge in [0.25, 0.3) is 5.91 Å². The Morgan fingerprint density at radius 1 is 0.647 bits per heavy atom. The fourth-order valence-electron chi connectivity index (χ4n) is 6.32. The summed E-state index contributed by atoms with van der Waals surface area (Å²) in [7, 11) is 0. The van der Waals surface area contributed by atoms with Crippen LogP contribution in [0.3, 0.4) is 0 Å². The summed E-state index contributed by atoms with van der Waals surface area (Å²) in [6, 6.07) is 30.5. The fourth-order valence-corrected chi connectivity index (χ4v) is 6.32. The van der Waals surface area contributed by atoms with E-state index in [1.54, 1.807) is 66.7 Å². The predicted molar refractivity (Wildman–Crippen MR) is 178 cm³/mol. The zero-order valence-corrected chi connectivity index (χ0v) is 26.6. The van der Waals surface area contributed by atoms with E-state index in [0.717, 1.165) is 12.1 Å². The van der Waals surface area contributed by atoms with Crippen LogP contribution in [0.5, 0.6) is 0 Å². The van der Waals surface area contributed by atoms with E-state index < -0.39 is 47.7 Å². The van der Waals surface area contributed by atoms with E-state index in [4.69, 9.17) is 4.74 Å². The minimum atomic E-state index is -4.64. The number of esters is 1. The van der Waals surface area contributed by atoms with Gasteiger partial charge in [0.1, 0.15) is 12.0 Å². The quantitative estimate of drug-likeness (QED) is 0.119. The Hall–Kier alpha value is -5.91. The van der Waals surface area contributed by atoms with Crippen LogP contribution in [0.25, 0.3) is 22.3 Å². The van der Waals surface area contributed by atoms with Crippen LogP contribution in [0.4, 0.5) is 32.0 Å². The normalized spacial score (nSPS) is 13.1. The highest BCUT2D eigenvalue weighted by Crippen LogP contribution is 2.51. The Bertz CT molecular complexity index is 2050. The third-order valence-electron chi connectivity index (χ3n) is 8.68. The van der Waals surface area contributed by atoms with Gasteiger partial charge in [-0.1, -0.05) is 78.9 Å². The van der Waals surface area contributed by atoms with Gasteiger partial charge in [-0.25, -0.2) is 4.79 Å². The minimum Gasteiger partial charge on any atom is -0.462 e. The summed E-state index contributed by atoms with van der Waals surface area (Å²) in [6.07, 6.45) is -9.27. The summed E-state index contributed by atoms with van der Waals surface area (Å²) < 4.78 is 84.1. The molecule has 1 aliphatic rings. The first kappa shape index (κ1) is 34.9. The van der Waals surface area contributed by atoms with Crippen molar-refractivity contribution < 1.29 is 45.5 Å². The standard InChI is InChI=1S/C39H28F6N2O4/c40-38(41,42)23-46-36(50)37(32-11-5-3-8-29(32)30-9-4-6-12-33(30)37)21-22-51-35(49)25-15-19-27(20-16-25)47-34(48)31-10-2-1-7-28(31)24-13-17-26(18-14-24)39(43,44)45/h1-20H,21-23H2,(H,46,50)(H,47,48). The molecule has 0 spiro atoms. The van der Waals surface area contributed by atoms with Crippen molar-refractivity contribution in [2.45, 2.75) is 24.2 Å². The maximum atomic E-state index is 13.6. The molecular weight excluding hydrogens is 674 g/mol. The second-order valence-electron chi connectivity index (χ2n) is 11.8. The lowest BCUT2D eigenvalue weighted by molar-refractivity contribution is -0.141. The van der Waals surface area contributed by atoms with Gasteiger partial charge in [0.05, 0.1) is 17.7 Å². The van der Waals surface area contributed by atoms with Crippen molar-refractivity contribution in [2.24, 2.45) is 0 Å². The first-order valence-electron chi connectivity index (χ1n) is 15.7. The zero-order chi connectivity index (χ0) is 36.4. The molecule has 51 heavy (non-hydrogen) atoms. The summed E-state index contributed by atoms with van der Waals surface area (Å²) in [5.74, 6) is -2.16. The number of amides is 2. The van der Waals surface area contributed by atoms with Crippen molar-refractivity contribution in [1.82, 2.24) is 5.32 Å². The number of alkyl halides is 6. The van der Waals surface area contributed by atoms with E-state index in [9.17, 15) is 40.7 Å². The molecule has 0 radical (unpaired) electrons. The van der Waals surface area contributed by atoms with Crippen LogP contribution in [0.2, 0.25) is 0 Å². The molecule has 5 aromatic carbocycles. The molecule has 0 heterocycles. The zero-order valence-electron chi connectivity index (χ0n) is 26.6. The Labute approximate surface area is 288 Å².